The first-order valence-corrected chi connectivity index (χ1v) is 5.88. The summed E-state index contributed by atoms with van der Waals surface area (Å²) in [6.07, 6.45) is 4.76. The lowest BCUT2D eigenvalue weighted by molar-refractivity contribution is -0.0354. The molecule has 0 aromatic heterocycles. The van der Waals surface area contributed by atoms with Crippen LogP contribution in [0, 0.1) is 5.92 Å². The Morgan fingerprint density at radius 3 is 2.64 bits per heavy atom. The van der Waals surface area contributed by atoms with Crippen molar-refractivity contribution in [1.29, 1.82) is 0 Å². The Hall–Kier alpha value is -0.120. The molecule has 2 aliphatic heterocycles. The zero-order chi connectivity index (χ0) is 10.0. The molecular weight excluding hydrogens is 176 g/mol. The first-order chi connectivity index (χ1) is 6.71. The van der Waals surface area contributed by atoms with Crippen LogP contribution >= 0.6 is 0 Å². The molecule has 82 valence electrons. The summed E-state index contributed by atoms with van der Waals surface area (Å²) in [4.78, 5) is 0. The third kappa shape index (κ3) is 1.95. The first kappa shape index (κ1) is 10.4. The highest BCUT2D eigenvalue weighted by atomic mass is 16.3. The van der Waals surface area contributed by atoms with E-state index in [0.717, 1.165) is 32.5 Å². The molecule has 0 saturated carbocycles. The molecule has 2 saturated heterocycles. The minimum Gasteiger partial charge on any atom is -0.388 e. The van der Waals surface area contributed by atoms with Crippen LogP contribution < -0.4 is 10.6 Å². The molecular formula is C11H22N2O. The van der Waals surface area contributed by atoms with E-state index in [-0.39, 0.29) is 0 Å². The Balaban J connectivity index is 1.97. The van der Waals surface area contributed by atoms with Gasteiger partial charge >= 0.3 is 0 Å². The van der Waals surface area contributed by atoms with Gasteiger partial charge in [0, 0.05) is 18.5 Å². The molecule has 0 bridgehead atoms. The van der Waals surface area contributed by atoms with E-state index in [1.165, 1.54) is 12.8 Å². The Morgan fingerprint density at radius 1 is 1.21 bits per heavy atom. The van der Waals surface area contributed by atoms with Crippen molar-refractivity contribution < 1.29 is 5.11 Å². The summed E-state index contributed by atoms with van der Waals surface area (Å²) in [5, 5.41) is 17.3. The number of rotatable bonds is 2. The molecule has 0 radical (unpaired) electrons. The molecule has 3 heteroatoms. The van der Waals surface area contributed by atoms with Crippen molar-refractivity contribution in [3.63, 3.8) is 0 Å². The normalized spacial score (nSPS) is 38.1. The van der Waals surface area contributed by atoms with Gasteiger partial charge in [-0.25, -0.2) is 0 Å². The number of hydrogen-bond acceptors (Lipinski definition) is 3. The molecule has 3 N–H and O–H groups in total. The lowest BCUT2D eigenvalue weighted by atomic mass is 9.79. The molecule has 2 rings (SSSR count). The average molecular weight is 198 g/mol. The van der Waals surface area contributed by atoms with Crippen molar-refractivity contribution in [3.8, 4) is 0 Å². The first-order valence-electron chi connectivity index (χ1n) is 5.88. The Kier molecular flexibility index (Phi) is 3.10. The van der Waals surface area contributed by atoms with Gasteiger partial charge in [-0.05, 0) is 39.3 Å². The number of nitrogens with one attached hydrogen (secondary N) is 2. The standard InChI is InChI=1S/C11H22N2O/c1-11(14,9-5-7-12-8-9)10-4-2-3-6-13-10/h9-10,12-14H,2-8H2,1H3. The van der Waals surface area contributed by atoms with Gasteiger partial charge in [-0.2, -0.15) is 0 Å². The molecule has 14 heavy (non-hydrogen) atoms. The van der Waals surface area contributed by atoms with E-state index in [9.17, 15) is 5.11 Å². The van der Waals surface area contributed by atoms with E-state index >= 15 is 0 Å². The lowest BCUT2D eigenvalue weighted by Gasteiger charge is -2.40. The Morgan fingerprint density at radius 2 is 2.07 bits per heavy atom. The van der Waals surface area contributed by atoms with Gasteiger partial charge in [0.05, 0.1) is 5.60 Å². The molecule has 0 amide bonds. The third-order valence-corrected chi connectivity index (χ3v) is 3.90. The van der Waals surface area contributed by atoms with Crippen LogP contribution in [0.1, 0.15) is 32.6 Å². The smallest absolute Gasteiger partial charge is 0.0812 e. The quantitative estimate of drug-likeness (QED) is 0.605. The minimum absolute atomic E-state index is 0.307. The van der Waals surface area contributed by atoms with Crippen LogP contribution in [-0.2, 0) is 0 Å². The van der Waals surface area contributed by atoms with Gasteiger partial charge in [0.2, 0.25) is 0 Å². The molecule has 0 aromatic carbocycles. The summed E-state index contributed by atoms with van der Waals surface area (Å²) in [6, 6.07) is 0.307. The van der Waals surface area contributed by atoms with Crippen molar-refractivity contribution in [2.45, 2.75) is 44.2 Å². The van der Waals surface area contributed by atoms with Crippen molar-refractivity contribution in [3.05, 3.63) is 0 Å². The van der Waals surface area contributed by atoms with E-state index in [1.807, 2.05) is 6.92 Å². The van der Waals surface area contributed by atoms with Gasteiger partial charge in [0.15, 0.2) is 0 Å². The maximum absolute atomic E-state index is 10.5. The highest BCUT2D eigenvalue weighted by molar-refractivity contribution is 4.97. The molecule has 0 aromatic rings. The summed E-state index contributed by atoms with van der Waals surface area (Å²) in [6.45, 7) is 5.12. The van der Waals surface area contributed by atoms with E-state index in [2.05, 4.69) is 10.6 Å². The van der Waals surface area contributed by atoms with Crippen LogP contribution in [0.5, 0.6) is 0 Å². The molecule has 2 aliphatic rings. The summed E-state index contributed by atoms with van der Waals surface area (Å²) in [5.41, 5.74) is -0.524. The molecule has 3 nitrogen and oxygen atoms in total. The van der Waals surface area contributed by atoms with Gasteiger partial charge in [-0.3, -0.25) is 0 Å². The Labute approximate surface area is 86.3 Å². The molecule has 0 aliphatic carbocycles. The SMILES string of the molecule is CC(O)(C1CCNC1)C1CCCCN1. The van der Waals surface area contributed by atoms with Crippen molar-refractivity contribution in [2.24, 2.45) is 5.92 Å². The highest BCUT2D eigenvalue weighted by Crippen LogP contribution is 2.30. The number of aliphatic hydroxyl groups is 1. The fourth-order valence-corrected chi connectivity index (χ4v) is 2.79. The van der Waals surface area contributed by atoms with E-state index in [0.29, 0.717) is 12.0 Å². The summed E-state index contributed by atoms with van der Waals surface area (Å²) >= 11 is 0. The van der Waals surface area contributed by atoms with Gasteiger partial charge < -0.3 is 15.7 Å². The van der Waals surface area contributed by atoms with Crippen LogP contribution in [0.15, 0.2) is 0 Å². The number of piperidine rings is 1. The molecule has 2 fully saturated rings. The summed E-state index contributed by atoms with van der Waals surface area (Å²) in [5.74, 6) is 0.429. The van der Waals surface area contributed by atoms with Crippen LogP contribution in [0.25, 0.3) is 0 Å². The maximum atomic E-state index is 10.5. The second-order valence-electron chi connectivity index (χ2n) is 4.92. The maximum Gasteiger partial charge on any atom is 0.0812 e. The largest absolute Gasteiger partial charge is 0.388 e. The predicted octanol–water partition coefficient (Wildman–Crippen LogP) is 0.489. The molecule has 3 atom stereocenters. The minimum atomic E-state index is -0.524. The van der Waals surface area contributed by atoms with Crippen LogP contribution in [0.4, 0.5) is 0 Å². The van der Waals surface area contributed by atoms with Crippen LogP contribution in [0.2, 0.25) is 0 Å². The summed E-state index contributed by atoms with van der Waals surface area (Å²) in [7, 11) is 0. The second-order valence-corrected chi connectivity index (χ2v) is 4.92. The topological polar surface area (TPSA) is 44.3 Å². The highest BCUT2D eigenvalue weighted by Gasteiger charge is 2.40. The number of hydrogen-bond donors (Lipinski definition) is 3. The zero-order valence-corrected chi connectivity index (χ0v) is 9.05. The molecule has 0 spiro atoms. The van der Waals surface area contributed by atoms with Crippen LogP contribution in [0.3, 0.4) is 0 Å². The average Bonchev–Trinajstić information content (AvgIpc) is 2.72. The van der Waals surface area contributed by atoms with Crippen LogP contribution in [-0.4, -0.2) is 36.4 Å². The van der Waals surface area contributed by atoms with Gasteiger partial charge in [0.1, 0.15) is 0 Å². The lowest BCUT2D eigenvalue weighted by Crippen LogP contribution is -2.55. The second kappa shape index (κ2) is 4.17. The van der Waals surface area contributed by atoms with Gasteiger partial charge in [-0.15, -0.1) is 0 Å². The van der Waals surface area contributed by atoms with Crippen molar-refractivity contribution >= 4 is 0 Å². The van der Waals surface area contributed by atoms with E-state index < -0.39 is 5.60 Å². The Bertz CT molecular complexity index is 182. The molecule has 2 heterocycles. The monoisotopic (exact) mass is 198 g/mol. The van der Waals surface area contributed by atoms with E-state index in [4.69, 9.17) is 0 Å². The van der Waals surface area contributed by atoms with Gasteiger partial charge in [0.25, 0.3) is 0 Å². The predicted molar refractivity (Wildman–Crippen MR) is 57.2 cm³/mol. The summed E-state index contributed by atoms with van der Waals surface area (Å²) < 4.78 is 0. The van der Waals surface area contributed by atoms with Gasteiger partial charge in [-0.1, -0.05) is 6.42 Å². The van der Waals surface area contributed by atoms with Crippen molar-refractivity contribution in [1.82, 2.24) is 10.6 Å². The fourth-order valence-electron chi connectivity index (χ4n) is 2.79. The fraction of sp³-hybridized carbons (Fsp3) is 1.00. The van der Waals surface area contributed by atoms with Crippen molar-refractivity contribution in [2.75, 3.05) is 19.6 Å². The van der Waals surface area contributed by atoms with E-state index in [1.54, 1.807) is 0 Å². The zero-order valence-electron chi connectivity index (χ0n) is 9.05. The molecule has 3 unspecified atom stereocenters. The third-order valence-electron chi connectivity index (χ3n) is 3.90.